The number of aromatic nitrogens is 2. The van der Waals surface area contributed by atoms with E-state index in [9.17, 15) is 4.79 Å². The van der Waals surface area contributed by atoms with Crippen molar-refractivity contribution in [2.24, 2.45) is 0 Å². The van der Waals surface area contributed by atoms with Gasteiger partial charge in [-0.1, -0.05) is 11.6 Å². The van der Waals surface area contributed by atoms with E-state index in [1.807, 2.05) is 17.6 Å². The lowest BCUT2D eigenvalue weighted by Gasteiger charge is -2.00. The molecule has 2 aromatic rings. The van der Waals surface area contributed by atoms with Crippen LogP contribution in [0.4, 0.5) is 0 Å². The van der Waals surface area contributed by atoms with Crippen molar-refractivity contribution in [3.63, 3.8) is 0 Å². The predicted octanol–water partition coefficient (Wildman–Crippen LogP) is 1.54. The van der Waals surface area contributed by atoms with Crippen LogP contribution in [0, 0.1) is 0 Å². The number of ether oxygens (including phenoxy) is 1. The van der Waals surface area contributed by atoms with Gasteiger partial charge in [0.25, 0.3) is 0 Å². The Balaban J connectivity index is 2.56. The van der Waals surface area contributed by atoms with Crippen LogP contribution in [0.15, 0.2) is 18.3 Å². The standard InChI is InChI=1S/C12H14ClN3O2/c1-14-5-3-10-15-11(12(17)18-2)9-7-8(13)4-6-16(9)10/h4,6-7,14H,3,5H2,1-2H3. The third-order valence-corrected chi connectivity index (χ3v) is 2.89. The van der Waals surface area contributed by atoms with Gasteiger partial charge in [-0.05, 0) is 19.2 Å². The van der Waals surface area contributed by atoms with Crippen LogP contribution in [-0.4, -0.2) is 36.1 Å². The molecule has 96 valence electrons. The normalized spacial score (nSPS) is 10.8. The van der Waals surface area contributed by atoms with Crippen LogP contribution in [0.1, 0.15) is 16.3 Å². The molecular formula is C12H14ClN3O2. The summed E-state index contributed by atoms with van der Waals surface area (Å²) in [6.07, 6.45) is 2.53. The first kappa shape index (κ1) is 12.9. The molecule has 2 heterocycles. The van der Waals surface area contributed by atoms with Gasteiger partial charge in [-0.25, -0.2) is 9.78 Å². The summed E-state index contributed by atoms with van der Waals surface area (Å²) in [7, 11) is 3.21. The number of esters is 1. The lowest BCUT2D eigenvalue weighted by atomic mass is 10.3. The highest BCUT2D eigenvalue weighted by molar-refractivity contribution is 6.31. The van der Waals surface area contributed by atoms with Crippen molar-refractivity contribution in [3.8, 4) is 0 Å². The highest BCUT2D eigenvalue weighted by Crippen LogP contribution is 2.19. The van der Waals surface area contributed by atoms with Gasteiger partial charge in [0.2, 0.25) is 0 Å². The van der Waals surface area contributed by atoms with Crippen molar-refractivity contribution in [1.29, 1.82) is 0 Å². The van der Waals surface area contributed by atoms with E-state index in [0.717, 1.165) is 18.8 Å². The Morgan fingerprint density at radius 2 is 2.39 bits per heavy atom. The van der Waals surface area contributed by atoms with Gasteiger partial charge in [0.1, 0.15) is 5.82 Å². The molecule has 0 saturated heterocycles. The van der Waals surface area contributed by atoms with Crippen molar-refractivity contribution in [2.45, 2.75) is 6.42 Å². The van der Waals surface area contributed by atoms with Crippen LogP contribution < -0.4 is 5.32 Å². The average molecular weight is 268 g/mol. The summed E-state index contributed by atoms with van der Waals surface area (Å²) in [5.74, 6) is 0.349. The summed E-state index contributed by atoms with van der Waals surface area (Å²) in [5.41, 5.74) is 0.964. The molecule has 0 aliphatic rings. The smallest absolute Gasteiger partial charge is 0.358 e. The van der Waals surface area contributed by atoms with Crippen LogP contribution in [-0.2, 0) is 11.2 Å². The van der Waals surface area contributed by atoms with Gasteiger partial charge in [0.15, 0.2) is 5.69 Å². The second kappa shape index (κ2) is 5.37. The molecule has 0 atom stereocenters. The highest BCUT2D eigenvalue weighted by atomic mass is 35.5. The number of fused-ring (bicyclic) bond motifs is 1. The molecule has 2 rings (SSSR count). The predicted molar refractivity (Wildman–Crippen MR) is 69.2 cm³/mol. The molecule has 6 heteroatoms. The van der Waals surface area contributed by atoms with Crippen molar-refractivity contribution < 1.29 is 9.53 Å². The third-order valence-electron chi connectivity index (χ3n) is 2.66. The summed E-state index contributed by atoms with van der Waals surface area (Å²) in [5, 5.41) is 3.61. The van der Waals surface area contributed by atoms with Gasteiger partial charge in [0.05, 0.1) is 12.6 Å². The molecule has 18 heavy (non-hydrogen) atoms. The number of hydrogen-bond donors (Lipinski definition) is 1. The largest absolute Gasteiger partial charge is 0.464 e. The number of carbonyl (C=O) groups is 1. The minimum absolute atomic E-state index is 0.297. The number of nitrogens with one attached hydrogen (secondary N) is 1. The molecule has 0 radical (unpaired) electrons. The lowest BCUT2D eigenvalue weighted by Crippen LogP contribution is -2.12. The zero-order chi connectivity index (χ0) is 13.1. The van der Waals surface area contributed by atoms with E-state index in [2.05, 4.69) is 10.3 Å². The number of likely N-dealkylation sites (N-methyl/N-ethyl adjacent to an activating group) is 1. The van der Waals surface area contributed by atoms with E-state index in [1.54, 1.807) is 12.1 Å². The molecular weight excluding hydrogens is 254 g/mol. The molecule has 0 aromatic carbocycles. The lowest BCUT2D eigenvalue weighted by molar-refractivity contribution is 0.0597. The van der Waals surface area contributed by atoms with Gasteiger partial charge < -0.3 is 14.5 Å². The van der Waals surface area contributed by atoms with Crippen LogP contribution in [0.5, 0.6) is 0 Å². The molecule has 0 saturated carbocycles. The van der Waals surface area contributed by atoms with E-state index in [-0.39, 0.29) is 0 Å². The van der Waals surface area contributed by atoms with Gasteiger partial charge in [-0.2, -0.15) is 0 Å². The molecule has 0 spiro atoms. The molecule has 0 bridgehead atoms. The van der Waals surface area contributed by atoms with Gasteiger partial charge >= 0.3 is 5.97 Å². The maximum Gasteiger partial charge on any atom is 0.358 e. The summed E-state index contributed by atoms with van der Waals surface area (Å²) < 4.78 is 6.59. The molecule has 5 nitrogen and oxygen atoms in total. The van der Waals surface area contributed by atoms with Crippen LogP contribution in [0.2, 0.25) is 5.02 Å². The number of pyridine rings is 1. The first-order chi connectivity index (χ1) is 8.67. The summed E-state index contributed by atoms with van der Waals surface area (Å²) in [6, 6.07) is 3.48. The second-order valence-electron chi connectivity index (χ2n) is 3.82. The SMILES string of the molecule is CNCCc1nc(C(=O)OC)c2cc(Cl)ccn12. The highest BCUT2D eigenvalue weighted by Gasteiger charge is 2.17. The second-order valence-corrected chi connectivity index (χ2v) is 4.26. The Hall–Kier alpha value is -1.59. The van der Waals surface area contributed by atoms with E-state index in [1.165, 1.54) is 7.11 Å². The van der Waals surface area contributed by atoms with Crippen LogP contribution >= 0.6 is 11.6 Å². The van der Waals surface area contributed by atoms with E-state index >= 15 is 0 Å². The summed E-state index contributed by atoms with van der Waals surface area (Å²) in [4.78, 5) is 16.0. The Morgan fingerprint density at radius 1 is 1.61 bits per heavy atom. The molecule has 0 aliphatic heterocycles. The summed E-state index contributed by atoms with van der Waals surface area (Å²) >= 11 is 5.95. The molecule has 2 aromatic heterocycles. The maximum absolute atomic E-state index is 11.7. The molecule has 0 unspecified atom stereocenters. The summed E-state index contributed by atoms with van der Waals surface area (Å²) in [6.45, 7) is 0.780. The number of nitrogens with zero attached hydrogens (tertiary/aromatic N) is 2. The van der Waals surface area contributed by atoms with Gasteiger partial charge in [-0.15, -0.1) is 0 Å². The van der Waals surface area contributed by atoms with Crippen molar-refractivity contribution in [1.82, 2.24) is 14.7 Å². The van der Waals surface area contributed by atoms with Gasteiger partial charge in [0, 0.05) is 24.2 Å². The van der Waals surface area contributed by atoms with Crippen molar-refractivity contribution in [2.75, 3.05) is 20.7 Å². The first-order valence-corrected chi connectivity index (χ1v) is 5.94. The third kappa shape index (κ3) is 2.32. The van der Waals surface area contributed by atoms with Crippen LogP contribution in [0.3, 0.4) is 0 Å². The monoisotopic (exact) mass is 267 g/mol. The molecule has 1 N–H and O–H groups in total. The van der Waals surface area contributed by atoms with Gasteiger partial charge in [-0.3, -0.25) is 0 Å². The van der Waals surface area contributed by atoms with E-state index < -0.39 is 5.97 Å². The number of halogens is 1. The average Bonchev–Trinajstić information content (AvgIpc) is 2.73. The number of hydrogen-bond acceptors (Lipinski definition) is 4. The van der Waals surface area contributed by atoms with E-state index in [0.29, 0.717) is 16.2 Å². The Labute approximate surface area is 110 Å². The number of imidazole rings is 1. The zero-order valence-electron chi connectivity index (χ0n) is 10.2. The number of carbonyl (C=O) groups excluding carboxylic acids is 1. The fraction of sp³-hybridized carbons (Fsp3) is 0.333. The zero-order valence-corrected chi connectivity index (χ0v) is 11.0. The molecule has 0 aliphatic carbocycles. The first-order valence-electron chi connectivity index (χ1n) is 5.56. The fourth-order valence-electron chi connectivity index (χ4n) is 1.78. The van der Waals surface area contributed by atoms with E-state index in [4.69, 9.17) is 16.3 Å². The quantitative estimate of drug-likeness (QED) is 0.854. The number of methoxy groups -OCH3 is 1. The Bertz CT molecular complexity index is 580. The van der Waals surface area contributed by atoms with Crippen LogP contribution in [0.25, 0.3) is 5.52 Å². The molecule has 0 fully saturated rings. The fourth-order valence-corrected chi connectivity index (χ4v) is 1.94. The minimum atomic E-state index is -0.453. The van der Waals surface area contributed by atoms with Crippen molar-refractivity contribution >= 4 is 23.1 Å². The van der Waals surface area contributed by atoms with Crippen molar-refractivity contribution in [3.05, 3.63) is 34.9 Å². The Morgan fingerprint density at radius 3 is 3.06 bits per heavy atom. The number of rotatable bonds is 4. The Kier molecular flexibility index (Phi) is 3.84. The minimum Gasteiger partial charge on any atom is -0.464 e. The topological polar surface area (TPSA) is 55.6 Å². The maximum atomic E-state index is 11.7. The molecule has 0 amide bonds.